The molecule has 0 radical (unpaired) electrons. The second kappa shape index (κ2) is 9.31. The highest BCUT2D eigenvalue weighted by Gasteiger charge is 2.24. The second-order valence-corrected chi connectivity index (χ2v) is 13.0. The van der Waals surface area contributed by atoms with Crippen LogP contribution in [-0.4, -0.2) is 9.55 Å². The number of fused-ring (bicyclic) bond motifs is 7. The van der Waals surface area contributed by atoms with Crippen LogP contribution >= 0.6 is 11.8 Å². The molecule has 0 bridgehead atoms. The Morgan fingerprint density at radius 3 is 1.87 bits per heavy atom. The molecule has 2 nitrogen and oxygen atoms in total. The monoisotopic (exact) mass is 590 g/mol. The molecule has 0 amide bonds. The molecule has 3 heteroatoms. The summed E-state index contributed by atoms with van der Waals surface area (Å²) in [6, 6.07) is 51.4. The van der Waals surface area contributed by atoms with Crippen molar-refractivity contribution >= 4 is 65.9 Å². The molecule has 210 valence electrons. The van der Waals surface area contributed by atoms with Gasteiger partial charge in [0.1, 0.15) is 5.82 Å². The van der Waals surface area contributed by atoms with Gasteiger partial charge in [-0.3, -0.25) is 4.57 Å². The van der Waals surface area contributed by atoms with E-state index in [4.69, 9.17) is 4.98 Å². The quantitative estimate of drug-likeness (QED) is 0.147. The van der Waals surface area contributed by atoms with Gasteiger partial charge < -0.3 is 0 Å². The number of aryl methyl sites for hydroxylation is 1. The number of nitrogens with zero attached hydrogens (tertiary/aromatic N) is 2. The zero-order chi connectivity index (χ0) is 29.6. The third-order valence-electron chi connectivity index (χ3n) is 9.49. The number of para-hydroxylation sites is 1. The molecule has 8 aromatic carbocycles. The maximum Gasteiger partial charge on any atom is 0.111 e. The lowest BCUT2D eigenvalue weighted by atomic mass is 9.84. The molecule has 1 aliphatic rings. The summed E-state index contributed by atoms with van der Waals surface area (Å²) in [5.41, 5.74) is 8.56. The topological polar surface area (TPSA) is 17.8 Å². The Morgan fingerprint density at radius 2 is 1.13 bits per heavy atom. The van der Waals surface area contributed by atoms with Gasteiger partial charge in [-0.15, -0.1) is 0 Å². The van der Waals surface area contributed by atoms with Crippen molar-refractivity contribution in [1.82, 2.24) is 9.55 Å². The summed E-state index contributed by atoms with van der Waals surface area (Å²) < 4.78 is 2.32. The van der Waals surface area contributed by atoms with Crippen LogP contribution in [0.4, 0.5) is 0 Å². The lowest BCUT2D eigenvalue weighted by molar-refractivity contribution is 0.963. The average molecular weight is 591 g/mol. The zero-order valence-electron chi connectivity index (χ0n) is 24.6. The maximum atomic E-state index is 4.87. The number of aromatic nitrogens is 2. The highest BCUT2D eigenvalue weighted by atomic mass is 32.2. The van der Waals surface area contributed by atoms with Gasteiger partial charge in [-0.25, -0.2) is 4.98 Å². The summed E-state index contributed by atoms with van der Waals surface area (Å²) in [6.07, 6.45) is 0. The largest absolute Gasteiger partial charge is 0.294 e. The van der Waals surface area contributed by atoms with E-state index in [0.717, 1.165) is 11.3 Å². The van der Waals surface area contributed by atoms with E-state index in [1.54, 1.807) is 0 Å². The van der Waals surface area contributed by atoms with E-state index in [-0.39, 0.29) is 0 Å². The van der Waals surface area contributed by atoms with Gasteiger partial charge in [0.15, 0.2) is 0 Å². The fourth-order valence-corrected chi connectivity index (χ4v) is 8.76. The van der Waals surface area contributed by atoms with Gasteiger partial charge in [0, 0.05) is 9.79 Å². The van der Waals surface area contributed by atoms with Crippen molar-refractivity contribution in [1.29, 1.82) is 0 Å². The smallest absolute Gasteiger partial charge is 0.111 e. The number of imidazole rings is 1. The normalized spacial score (nSPS) is 12.5. The van der Waals surface area contributed by atoms with Gasteiger partial charge in [-0.2, -0.15) is 0 Å². The molecule has 0 saturated carbocycles. The van der Waals surface area contributed by atoms with Gasteiger partial charge in [0.2, 0.25) is 0 Å². The van der Waals surface area contributed by atoms with Crippen molar-refractivity contribution in [2.45, 2.75) is 16.7 Å². The average Bonchev–Trinajstić information content (AvgIpc) is 3.43. The minimum Gasteiger partial charge on any atom is -0.294 e. The Morgan fingerprint density at radius 1 is 0.511 bits per heavy atom. The molecule has 0 saturated heterocycles. The molecular weight excluding hydrogens is 565 g/mol. The summed E-state index contributed by atoms with van der Waals surface area (Å²) in [4.78, 5) is 7.39. The highest BCUT2D eigenvalue weighted by Crippen LogP contribution is 2.49. The van der Waals surface area contributed by atoms with E-state index >= 15 is 0 Å². The summed E-state index contributed by atoms with van der Waals surface area (Å²) in [5, 5.41) is 10.2. The Hall–Kier alpha value is -5.38. The number of hydrogen-bond donors (Lipinski definition) is 0. The van der Waals surface area contributed by atoms with Gasteiger partial charge in [-0.1, -0.05) is 121 Å². The molecule has 45 heavy (non-hydrogen) atoms. The first-order chi connectivity index (χ1) is 22.2. The van der Waals surface area contributed by atoms with Crippen LogP contribution in [0.5, 0.6) is 0 Å². The van der Waals surface area contributed by atoms with E-state index in [1.165, 1.54) is 86.3 Å². The molecule has 1 aliphatic heterocycles. The minimum absolute atomic E-state index is 1.02. The van der Waals surface area contributed by atoms with Crippen LogP contribution < -0.4 is 0 Å². The Kier molecular flexibility index (Phi) is 5.17. The van der Waals surface area contributed by atoms with E-state index in [9.17, 15) is 0 Å². The van der Waals surface area contributed by atoms with Crippen molar-refractivity contribution in [3.63, 3.8) is 0 Å². The van der Waals surface area contributed by atoms with Gasteiger partial charge in [0.25, 0.3) is 0 Å². The van der Waals surface area contributed by atoms with E-state index in [2.05, 4.69) is 151 Å². The lowest BCUT2D eigenvalue weighted by Crippen LogP contribution is -2.03. The molecule has 2 heterocycles. The molecule has 9 aromatic rings. The van der Waals surface area contributed by atoms with Crippen LogP contribution in [0.1, 0.15) is 5.82 Å². The van der Waals surface area contributed by atoms with E-state index < -0.39 is 0 Å². The van der Waals surface area contributed by atoms with Crippen LogP contribution in [0.25, 0.3) is 82.1 Å². The Balaban J connectivity index is 1.29. The molecule has 0 spiro atoms. The number of rotatable bonds is 2. The minimum atomic E-state index is 1.02. The second-order valence-electron chi connectivity index (χ2n) is 11.9. The van der Waals surface area contributed by atoms with Gasteiger partial charge >= 0.3 is 0 Å². The van der Waals surface area contributed by atoms with Crippen LogP contribution in [0.2, 0.25) is 0 Å². The van der Waals surface area contributed by atoms with Crippen molar-refractivity contribution in [3.05, 3.63) is 145 Å². The predicted molar refractivity (Wildman–Crippen MR) is 191 cm³/mol. The fourth-order valence-electron chi connectivity index (χ4n) is 7.63. The summed E-state index contributed by atoms with van der Waals surface area (Å²) in [6.45, 7) is 2.10. The first-order valence-electron chi connectivity index (χ1n) is 15.4. The third kappa shape index (κ3) is 3.50. The van der Waals surface area contributed by atoms with Gasteiger partial charge in [-0.05, 0) is 103 Å². The first kappa shape index (κ1) is 25.0. The number of hydrogen-bond acceptors (Lipinski definition) is 2. The van der Waals surface area contributed by atoms with Crippen molar-refractivity contribution in [3.8, 4) is 27.9 Å². The van der Waals surface area contributed by atoms with Crippen LogP contribution in [0.15, 0.2) is 149 Å². The Labute approximate surface area is 264 Å². The summed E-state index contributed by atoms with van der Waals surface area (Å²) >= 11 is 1.85. The highest BCUT2D eigenvalue weighted by molar-refractivity contribution is 7.99. The molecular formula is C42H26N2S. The van der Waals surface area contributed by atoms with Crippen molar-refractivity contribution in [2.24, 2.45) is 0 Å². The van der Waals surface area contributed by atoms with Crippen LogP contribution in [0, 0.1) is 6.92 Å². The SMILES string of the molecule is Cc1nc2cccc3c2n1-c1ccc(-c2c4ccccc4c(-c4cc5ccccc5c5ccccc45)c4ccccc24)cc1S3. The first-order valence-corrected chi connectivity index (χ1v) is 16.2. The molecule has 10 rings (SSSR count). The molecule has 0 aliphatic carbocycles. The number of benzene rings is 8. The molecule has 0 fully saturated rings. The molecule has 0 atom stereocenters. The molecule has 0 N–H and O–H groups in total. The maximum absolute atomic E-state index is 4.87. The van der Waals surface area contributed by atoms with Crippen molar-refractivity contribution in [2.75, 3.05) is 0 Å². The van der Waals surface area contributed by atoms with Gasteiger partial charge in [0.05, 0.1) is 16.7 Å². The zero-order valence-corrected chi connectivity index (χ0v) is 25.4. The Bertz CT molecular complexity index is 2640. The van der Waals surface area contributed by atoms with Crippen molar-refractivity contribution < 1.29 is 0 Å². The summed E-state index contributed by atoms with van der Waals surface area (Å²) in [5.74, 6) is 1.02. The molecule has 0 unspecified atom stereocenters. The van der Waals surface area contributed by atoms with Crippen LogP contribution in [-0.2, 0) is 0 Å². The third-order valence-corrected chi connectivity index (χ3v) is 10.6. The van der Waals surface area contributed by atoms with Crippen LogP contribution in [0.3, 0.4) is 0 Å². The van der Waals surface area contributed by atoms with E-state index in [0.29, 0.717) is 0 Å². The lowest BCUT2D eigenvalue weighted by Gasteiger charge is -2.22. The predicted octanol–water partition coefficient (Wildman–Crippen LogP) is 11.7. The summed E-state index contributed by atoms with van der Waals surface area (Å²) in [7, 11) is 0. The fraction of sp³-hybridized carbons (Fsp3) is 0.0238. The van der Waals surface area contributed by atoms with E-state index in [1.807, 2.05) is 11.8 Å². The standard InChI is InChI=1S/C42H26N2S/c1-25-43-36-19-10-20-38-42(36)44(25)37-22-21-27(24-39(37)45-38)40-31-15-6-8-17-33(31)41(34-18-9-7-16-32(34)40)35-23-26-11-2-3-12-28(26)29-13-4-5-14-30(29)35/h2-24H,1H3. The molecule has 1 aromatic heterocycles.